The van der Waals surface area contributed by atoms with Gasteiger partial charge in [-0.25, -0.2) is 0 Å². The Labute approximate surface area is 97.2 Å². The molecule has 0 spiro atoms. The first-order valence-electron chi connectivity index (χ1n) is 3.83. The van der Waals surface area contributed by atoms with Gasteiger partial charge in [0.1, 0.15) is 0 Å². The fourth-order valence-corrected chi connectivity index (χ4v) is 2.85. The number of fused-ring (bicyclic) bond motifs is 1. The van der Waals surface area contributed by atoms with E-state index in [-0.39, 0.29) is 15.4 Å². The van der Waals surface area contributed by atoms with Crippen LogP contribution in [0.15, 0.2) is 17.5 Å². The number of hydrogen-bond donors (Lipinski definition) is 0. The zero-order chi connectivity index (χ0) is 11.2. The molecular formula is C9H3Cl2F3S. The molecule has 0 unspecified atom stereocenters. The van der Waals surface area contributed by atoms with Gasteiger partial charge in [0, 0.05) is 10.8 Å². The van der Waals surface area contributed by atoms with Crippen molar-refractivity contribution in [1.82, 2.24) is 0 Å². The van der Waals surface area contributed by atoms with Gasteiger partial charge in [0.25, 0.3) is 0 Å². The predicted octanol–water partition coefficient (Wildman–Crippen LogP) is 5.23. The first-order valence-corrected chi connectivity index (χ1v) is 5.47. The minimum atomic E-state index is -4.41. The third-order valence-electron chi connectivity index (χ3n) is 1.93. The van der Waals surface area contributed by atoms with E-state index in [0.717, 1.165) is 17.4 Å². The third-order valence-corrected chi connectivity index (χ3v) is 3.80. The van der Waals surface area contributed by atoms with Crippen molar-refractivity contribution in [1.29, 1.82) is 0 Å². The lowest BCUT2D eigenvalue weighted by molar-refractivity contribution is -0.136. The molecule has 0 saturated heterocycles. The summed E-state index contributed by atoms with van der Waals surface area (Å²) in [6.07, 6.45) is -4.41. The number of halogens is 5. The maximum absolute atomic E-state index is 12.6. The molecule has 0 saturated carbocycles. The summed E-state index contributed by atoms with van der Waals surface area (Å²) in [7, 11) is 0. The summed E-state index contributed by atoms with van der Waals surface area (Å²) >= 11 is 12.6. The highest BCUT2D eigenvalue weighted by atomic mass is 35.5. The Balaban J connectivity index is 2.87. The van der Waals surface area contributed by atoms with Gasteiger partial charge in [-0.3, -0.25) is 0 Å². The molecule has 2 rings (SSSR count). The molecule has 80 valence electrons. The molecule has 0 aliphatic carbocycles. The largest absolute Gasteiger partial charge is 0.417 e. The zero-order valence-corrected chi connectivity index (χ0v) is 9.36. The summed E-state index contributed by atoms with van der Waals surface area (Å²) in [4.78, 5) is 0. The van der Waals surface area contributed by atoms with E-state index < -0.39 is 11.7 Å². The summed E-state index contributed by atoms with van der Waals surface area (Å²) in [5.41, 5.74) is -0.742. The normalized spacial score (nSPS) is 12.3. The van der Waals surface area contributed by atoms with E-state index in [2.05, 4.69) is 0 Å². The van der Waals surface area contributed by atoms with Crippen molar-refractivity contribution in [3.8, 4) is 0 Å². The van der Waals surface area contributed by atoms with E-state index >= 15 is 0 Å². The van der Waals surface area contributed by atoms with Gasteiger partial charge in [-0.1, -0.05) is 23.2 Å². The zero-order valence-electron chi connectivity index (χ0n) is 7.03. The van der Waals surface area contributed by atoms with Gasteiger partial charge in [0.05, 0.1) is 20.3 Å². The molecule has 0 amide bonds. The molecule has 1 aromatic heterocycles. The summed E-state index contributed by atoms with van der Waals surface area (Å²) in [6.45, 7) is 0. The lowest BCUT2D eigenvalue weighted by Gasteiger charge is -2.08. The summed E-state index contributed by atoms with van der Waals surface area (Å²) in [5.74, 6) is 0. The number of thiophene rings is 1. The van der Waals surface area contributed by atoms with Gasteiger partial charge in [-0.2, -0.15) is 13.2 Å². The average molecular weight is 271 g/mol. The fourth-order valence-electron chi connectivity index (χ4n) is 1.32. The quantitative estimate of drug-likeness (QED) is 0.615. The molecule has 6 heteroatoms. The Kier molecular flexibility index (Phi) is 2.61. The van der Waals surface area contributed by atoms with Crippen molar-refractivity contribution < 1.29 is 13.2 Å². The van der Waals surface area contributed by atoms with Gasteiger partial charge in [0.2, 0.25) is 0 Å². The van der Waals surface area contributed by atoms with Crippen molar-refractivity contribution in [2.45, 2.75) is 6.18 Å². The minimum Gasteiger partial charge on any atom is -0.166 e. The average Bonchev–Trinajstić information content (AvgIpc) is 2.48. The maximum Gasteiger partial charge on any atom is 0.417 e. The van der Waals surface area contributed by atoms with Crippen LogP contribution in [0.2, 0.25) is 10.0 Å². The Bertz CT molecular complexity index is 516. The van der Waals surface area contributed by atoms with Gasteiger partial charge < -0.3 is 0 Å². The minimum absolute atomic E-state index is 0.0123. The first-order chi connectivity index (χ1) is 6.91. The van der Waals surface area contributed by atoms with Crippen molar-refractivity contribution in [2.75, 3.05) is 0 Å². The SMILES string of the molecule is FC(F)(F)c1ccc(Cl)c2scc(Cl)c12. The molecule has 0 aliphatic heterocycles. The van der Waals surface area contributed by atoms with Crippen LogP contribution in [0, 0.1) is 0 Å². The summed E-state index contributed by atoms with van der Waals surface area (Å²) < 4.78 is 38.2. The molecule has 0 N–H and O–H groups in total. The number of alkyl halides is 3. The van der Waals surface area contributed by atoms with Gasteiger partial charge in [-0.15, -0.1) is 11.3 Å². The van der Waals surface area contributed by atoms with Gasteiger partial charge in [0.15, 0.2) is 0 Å². The van der Waals surface area contributed by atoms with Crippen molar-refractivity contribution >= 4 is 44.6 Å². The van der Waals surface area contributed by atoms with E-state index in [0.29, 0.717) is 4.70 Å². The van der Waals surface area contributed by atoms with Crippen LogP contribution in [0.5, 0.6) is 0 Å². The lowest BCUT2D eigenvalue weighted by atomic mass is 10.1. The molecule has 1 heterocycles. The topological polar surface area (TPSA) is 0 Å². The van der Waals surface area contributed by atoms with Crippen LogP contribution in [0.1, 0.15) is 5.56 Å². The van der Waals surface area contributed by atoms with E-state index in [9.17, 15) is 13.2 Å². The van der Waals surface area contributed by atoms with Crippen LogP contribution < -0.4 is 0 Å². The Morgan fingerprint density at radius 2 is 1.73 bits per heavy atom. The number of benzene rings is 1. The molecule has 0 radical (unpaired) electrons. The fraction of sp³-hybridized carbons (Fsp3) is 0.111. The van der Waals surface area contributed by atoms with Crippen LogP contribution in [-0.4, -0.2) is 0 Å². The molecule has 0 atom stereocenters. The highest BCUT2D eigenvalue weighted by molar-refractivity contribution is 7.18. The molecule has 1 aromatic carbocycles. The van der Waals surface area contributed by atoms with Gasteiger partial charge in [-0.05, 0) is 12.1 Å². The van der Waals surface area contributed by atoms with Crippen LogP contribution in [0.25, 0.3) is 10.1 Å². The molecule has 0 aliphatic rings. The molecule has 0 bridgehead atoms. The van der Waals surface area contributed by atoms with Gasteiger partial charge >= 0.3 is 6.18 Å². The third kappa shape index (κ3) is 1.82. The van der Waals surface area contributed by atoms with E-state index in [4.69, 9.17) is 23.2 Å². The highest BCUT2D eigenvalue weighted by Crippen LogP contribution is 2.43. The first kappa shape index (κ1) is 11.0. The Morgan fingerprint density at radius 1 is 1.07 bits per heavy atom. The van der Waals surface area contributed by atoms with Crippen LogP contribution in [-0.2, 0) is 6.18 Å². The maximum atomic E-state index is 12.6. The smallest absolute Gasteiger partial charge is 0.166 e. The number of rotatable bonds is 0. The number of hydrogen-bond acceptors (Lipinski definition) is 1. The van der Waals surface area contributed by atoms with E-state index in [1.165, 1.54) is 11.4 Å². The van der Waals surface area contributed by atoms with E-state index in [1.807, 2.05) is 0 Å². The second kappa shape index (κ2) is 3.54. The lowest BCUT2D eigenvalue weighted by Crippen LogP contribution is -2.05. The molecule has 0 nitrogen and oxygen atoms in total. The Hall–Kier alpha value is -0.450. The predicted molar refractivity (Wildman–Crippen MR) is 56.8 cm³/mol. The van der Waals surface area contributed by atoms with Crippen molar-refractivity contribution in [2.24, 2.45) is 0 Å². The van der Waals surface area contributed by atoms with Crippen LogP contribution >= 0.6 is 34.5 Å². The highest BCUT2D eigenvalue weighted by Gasteiger charge is 2.34. The van der Waals surface area contributed by atoms with Crippen molar-refractivity contribution in [3.05, 3.63) is 33.1 Å². The van der Waals surface area contributed by atoms with Crippen LogP contribution in [0.3, 0.4) is 0 Å². The van der Waals surface area contributed by atoms with Crippen LogP contribution in [0.4, 0.5) is 13.2 Å². The molecular weight excluding hydrogens is 268 g/mol. The standard InChI is InChI=1S/C9H3Cl2F3S/c10-5-2-1-4(9(12,13)14)7-6(11)3-15-8(5)7/h1-3H. The second-order valence-electron chi connectivity index (χ2n) is 2.88. The molecule has 2 aromatic rings. The van der Waals surface area contributed by atoms with Crippen molar-refractivity contribution in [3.63, 3.8) is 0 Å². The summed E-state index contributed by atoms with van der Waals surface area (Å²) in [5, 5.41) is 1.81. The monoisotopic (exact) mass is 270 g/mol. The second-order valence-corrected chi connectivity index (χ2v) is 4.57. The van der Waals surface area contributed by atoms with E-state index in [1.54, 1.807) is 0 Å². The summed E-state index contributed by atoms with van der Waals surface area (Å²) in [6, 6.07) is 2.18. The molecule has 0 fully saturated rings. The Morgan fingerprint density at radius 3 is 2.33 bits per heavy atom. The molecule has 15 heavy (non-hydrogen) atoms.